The Balaban J connectivity index is 1.34. The number of carbonyl (C=O) groups excluding carboxylic acids is 1. The van der Waals surface area contributed by atoms with Crippen molar-refractivity contribution >= 4 is 11.6 Å². The van der Waals surface area contributed by atoms with E-state index in [1.54, 1.807) is 0 Å². The first-order valence-corrected chi connectivity index (χ1v) is 8.73. The van der Waals surface area contributed by atoms with Gasteiger partial charge in [0.1, 0.15) is 5.65 Å². The Kier molecular flexibility index (Phi) is 4.22. The molecule has 128 valence electrons. The Labute approximate surface area is 141 Å². The summed E-state index contributed by atoms with van der Waals surface area (Å²) >= 11 is 0. The molecule has 0 radical (unpaired) electrons. The van der Waals surface area contributed by atoms with Gasteiger partial charge in [0.15, 0.2) is 0 Å². The normalized spacial score (nSPS) is 23.5. The van der Waals surface area contributed by atoms with Crippen molar-refractivity contribution < 1.29 is 9.18 Å². The number of imidazole rings is 1. The third kappa shape index (κ3) is 3.02. The van der Waals surface area contributed by atoms with E-state index in [0.29, 0.717) is 13.0 Å². The minimum atomic E-state index is -0.380. The number of piperidine rings is 1. The topological polar surface area (TPSA) is 40.9 Å². The molecule has 2 saturated heterocycles. The first kappa shape index (κ1) is 15.6. The van der Waals surface area contributed by atoms with E-state index in [2.05, 4.69) is 16.1 Å². The van der Waals surface area contributed by atoms with Crippen LogP contribution in [0.25, 0.3) is 5.65 Å². The summed E-state index contributed by atoms with van der Waals surface area (Å²) in [6.07, 6.45) is 6.42. The van der Waals surface area contributed by atoms with E-state index in [1.165, 1.54) is 0 Å². The van der Waals surface area contributed by atoms with E-state index in [0.717, 1.165) is 43.8 Å². The molecule has 0 bridgehead atoms. The van der Waals surface area contributed by atoms with Crippen molar-refractivity contribution in [3.8, 4) is 0 Å². The molecule has 6 heteroatoms. The molecule has 2 aromatic heterocycles. The van der Waals surface area contributed by atoms with Gasteiger partial charge in [0.05, 0.1) is 12.4 Å². The minimum Gasteiger partial charge on any atom is -0.339 e. The van der Waals surface area contributed by atoms with Crippen molar-refractivity contribution in [3.05, 3.63) is 36.3 Å². The molecule has 1 amide bonds. The van der Waals surface area contributed by atoms with Crippen LogP contribution in [-0.2, 0) is 11.3 Å². The van der Waals surface area contributed by atoms with Gasteiger partial charge in [-0.15, -0.1) is 0 Å². The Bertz CT molecular complexity index is 690. The zero-order valence-corrected chi connectivity index (χ0v) is 13.8. The fourth-order valence-corrected chi connectivity index (χ4v) is 3.95. The Morgan fingerprint density at radius 1 is 1.25 bits per heavy atom. The number of fused-ring (bicyclic) bond motifs is 1. The molecule has 0 spiro atoms. The number of hydrogen-bond donors (Lipinski definition) is 0. The lowest BCUT2D eigenvalue weighted by Crippen LogP contribution is -2.45. The average Bonchev–Trinajstić information content (AvgIpc) is 3.18. The highest BCUT2D eigenvalue weighted by Gasteiger charge is 2.35. The Hall–Kier alpha value is -1.95. The van der Waals surface area contributed by atoms with Gasteiger partial charge in [-0.25, -0.2) is 4.98 Å². The zero-order chi connectivity index (χ0) is 16.5. The van der Waals surface area contributed by atoms with Crippen molar-refractivity contribution in [3.63, 3.8) is 0 Å². The van der Waals surface area contributed by atoms with Crippen LogP contribution in [0.15, 0.2) is 30.6 Å². The van der Waals surface area contributed by atoms with Gasteiger partial charge >= 0.3 is 0 Å². The van der Waals surface area contributed by atoms with Crippen molar-refractivity contribution in [2.75, 3.05) is 26.3 Å². The number of amides is 1. The first-order valence-electron chi connectivity index (χ1n) is 8.73. The van der Waals surface area contributed by atoms with Crippen LogP contribution in [0.1, 0.15) is 25.0 Å². The van der Waals surface area contributed by atoms with Crippen LogP contribution >= 0.6 is 0 Å². The molecule has 5 nitrogen and oxygen atoms in total. The Morgan fingerprint density at radius 3 is 2.79 bits per heavy atom. The summed E-state index contributed by atoms with van der Waals surface area (Å²) in [5.74, 6) is 0.0463. The van der Waals surface area contributed by atoms with Crippen molar-refractivity contribution in [2.24, 2.45) is 5.92 Å². The van der Waals surface area contributed by atoms with E-state index in [9.17, 15) is 9.18 Å². The molecule has 0 N–H and O–H groups in total. The second-order valence-electron chi connectivity index (χ2n) is 6.98. The minimum absolute atomic E-state index is 0.0893. The first-order chi connectivity index (χ1) is 11.7. The van der Waals surface area contributed by atoms with Gasteiger partial charge in [-0.1, -0.05) is 6.07 Å². The zero-order valence-electron chi connectivity index (χ0n) is 13.8. The molecular weight excluding hydrogens is 307 g/mol. The lowest BCUT2D eigenvalue weighted by atomic mass is 10.0. The molecule has 1 atom stereocenters. The third-order valence-corrected chi connectivity index (χ3v) is 5.25. The summed E-state index contributed by atoms with van der Waals surface area (Å²) in [5, 5.41) is 0. The molecule has 1 unspecified atom stereocenters. The molecule has 2 aromatic rings. The number of hydrogen-bond acceptors (Lipinski definition) is 3. The maximum absolute atomic E-state index is 12.8. The van der Waals surface area contributed by atoms with E-state index in [-0.39, 0.29) is 24.5 Å². The van der Waals surface area contributed by atoms with Gasteiger partial charge < -0.3 is 9.30 Å². The van der Waals surface area contributed by atoms with Crippen LogP contribution in [0.5, 0.6) is 0 Å². The van der Waals surface area contributed by atoms with Crippen LogP contribution in [0.2, 0.25) is 0 Å². The largest absolute Gasteiger partial charge is 0.339 e. The van der Waals surface area contributed by atoms with Gasteiger partial charge in [0.25, 0.3) is 0 Å². The molecule has 24 heavy (non-hydrogen) atoms. The number of halogens is 1. The highest BCUT2D eigenvalue weighted by atomic mass is 19.1. The van der Waals surface area contributed by atoms with Gasteiger partial charge in [-0.3, -0.25) is 14.1 Å². The molecule has 0 saturated carbocycles. The fourth-order valence-electron chi connectivity index (χ4n) is 3.95. The number of aromatic nitrogens is 2. The van der Waals surface area contributed by atoms with Crippen LogP contribution in [0.4, 0.5) is 4.39 Å². The third-order valence-electron chi connectivity index (χ3n) is 5.25. The van der Waals surface area contributed by atoms with Gasteiger partial charge in [-0.05, 0) is 25.0 Å². The second-order valence-corrected chi connectivity index (χ2v) is 6.98. The smallest absolute Gasteiger partial charge is 0.223 e. The number of rotatable bonds is 4. The summed E-state index contributed by atoms with van der Waals surface area (Å²) in [7, 11) is 0. The summed E-state index contributed by atoms with van der Waals surface area (Å²) in [6.45, 7) is 2.99. The van der Waals surface area contributed by atoms with Crippen LogP contribution in [0.3, 0.4) is 0 Å². The highest BCUT2D eigenvalue weighted by Crippen LogP contribution is 2.26. The predicted octanol–water partition coefficient (Wildman–Crippen LogP) is 2.12. The predicted molar refractivity (Wildman–Crippen MR) is 89.3 cm³/mol. The summed E-state index contributed by atoms with van der Waals surface area (Å²) in [5.41, 5.74) is 2.05. The SMILES string of the molecule is O=C1CC(CF)CN1C1CCN(Cc2cn3ccccc3n2)CC1. The molecule has 0 aromatic carbocycles. The van der Waals surface area contributed by atoms with Gasteiger partial charge in [0.2, 0.25) is 5.91 Å². The Morgan fingerprint density at radius 2 is 2.08 bits per heavy atom. The maximum atomic E-state index is 12.8. The standard InChI is InChI=1S/C18H23FN4O/c19-10-14-9-18(24)23(11-14)16-4-7-21(8-5-16)12-15-13-22-6-2-1-3-17(22)20-15/h1-3,6,13-14,16H,4-5,7-12H2. The molecule has 2 aliphatic rings. The molecule has 2 fully saturated rings. The van der Waals surface area contributed by atoms with Crippen LogP contribution in [0, 0.1) is 5.92 Å². The average molecular weight is 330 g/mol. The molecule has 0 aliphatic carbocycles. The number of alkyl halides is 1. The van der Waals surface area contributed by atoms with Gasteiger partial charge in [-0.2, -0.15) is 0 Å². The summed E-state index contributed by atoms with van der Waals surface area (Å²) in [4.78, 5) is 21.0. The van der Waals surface area contributed by atoms with Gasteiger partial charge in [0, 0.05) is 57.0 Å². The summed E-state index contributed by atoms with van der Waals surface area (Å²) < 4.78 is 14.9. The number of nitrogens with zero attached hydrogens (tertiary/aromatic N) is 4. The number of likely N-dealkylation sites (tertiary alicyclic amines) is 2. The molecule has 2 aliphatic heterocycles. The van der Waals surface area contributed by atoms with E-state index >= 15 is 0 Å². The van der Waals surface area contributed by atoms with Crippen molar-refractivity contribution in [1.29, 1.82) is 0 Å². The summed E-state index contributed by atoms with van der Waals surface area (Å²) in [6, 6.07) is 6.29. The quantitative estimate of drug-likeness (QED) is 0.862. The van der Waals surface area contributed by atoms with E-state index < -0.39 is 0 Å². The van der Waals surface area contributed by atoms with Crippen molar-refractivity contribution in [1.82, 2.24) is 19.2 Å². The van der Waals surface area contributed by atoms with Crippen LogP contribution in [-0.4, -0.2) is 57.4 Å². The lowest BCUT2D eigenvalue weighted by Gasteiger charge is -2.36. The number of carbonyl (C=O) groups is 1. The lowest BCUT2D eigenvalue weighted by molar-refractivity contribution is -0.130. The van der Waals surface area contributed by atoms with E-state index in [1.807, 2.05) is 33.7 Å². The molecule has 4 heterocycles. The molecule has 4 rings (SSSR count). The van der Waals surface area contributed by atoms with Crippen molar-refractivity contribution in [2.45, 2.75) is 31.8 Å². The monoisotopic (exact) mass is 330 g/mol. The molecular formula is C18H23FN4O. The van der Waals surface area contributed by atoms with Crippen LogP contribution < -0.4 is 0 Å². The second kappa shape index (κ2) is 6.51. The number of pyridine rings is 1. The maximum Gasteiger partial charge on any atom is 0.223 e. The van der Waals surface area contributed by atoms with E-state index in [4.69, 9.17) is 0 Å². The highest BCUT2D eigenvalue weighted by molar-refractivity contribution is 5.79. The fraction of sp³-hybridized carbons (Fsp3) is 0.556.